The third kappa shape index (κ3) is 3.03. The van der Waals surface area contributed by atoms with Crippen molar-refractivity contribution < 1.29 is 9.90 Å². The summed E-state index contributed by atoms with van der Waals surface area (Å²) in [4.78, 5) is 12.4. The fourth-order valence-corrected chi connectivity index (χ4v) is 2.61. The van der Waals surface area contributed by atoms with Crippen LogP contribution in [0.25, 0.3) is 0 Å². The minimum atomic E-state index is -0.711. The number of hydrogen-bond acceptors (Lipinski definition) is 3. The van der Waals surface area contributed by atoms with Crippen LogP contribution in [0.3, 0.4) is 0 Å². The summed E-state index contributed by atoms with van der Waals surface area (Å²) in [5.41, 5.74) is 0. The minimum absolute atomic E-state index is 0.205. The van der Waals surface area contributed by atoms with Gasteiger partial charge in [0, 0.05) is 24.1 Å². The molecule has 0 aromatic heterocycles. The molecule has 70 valence electrons. The van der Waals surface area contributed by atoms with Gasteiger partial charge in [0.1, 0.15) is 0 Å². The van der Waals surface area contributed by atoms with Crippen LogP contribution in [0.15, 0.2) is 0 Å². The second-order valence-electron chi connectivity index (χ2n) is 3.03. The van der Waals surface area contributed by atoms with Gasteiger partial charge in [-0.2, -0.15) is 11.8 Å². The topological polar surface area (TPSA) is 40.5 Å². The largest absolute Gasteiger partial charge is 0.480 e. The first-order valence-corrected chi connectivity index (χ1v) is 5.33. The average molecular weight is 189 g/mol. The molecule has 1 heterocycles. The number of carboxylic acid groups (broad SMARTS) is 1. The van der Waals surface area contributed by atoms with Gasteiger partial charge in [-0.1, -0.05) is 6.92 Å². The fourth-order valence-electron chi connectivity index (χ4n) is 1.36. The number of carboxylic acids is 1. The second kappa shape index (κ2) is 4.72. The molecule has 1 atom stereocenters. The van der Waals surface area contributed by atoms with Crippen LogP contribution in [-0.2, 0) is 4.79 Å². The molecule has 1 saturated heterocycles. The van der Waals surface area contributed by atoms with Gasteiger partial charge >= 0.3 is 5.97 Å². The van der Waals surface area contributed by atoms with Crippen molar-refractivity contribution in [2.75, 3.05) is 25.4 Å². The van der Waals surface area contributed by atoms with E-state index < -0.39 is 5.97 Å². The van der Waals surface area contributed by atoms with Crippen molar-refractivity contribution in [3.05, 3.63) is 0 Å². The molecule has 0 aromatic carbocycles. The molecule has 0 bridgehead atoms. The van der Waals surface area contributed by atoms with E-state index in [2.05, 4.69) is 6.92 Å². The van der Waals surface area contributed by atoms with Crippen LogP contribution < -0.4 is 0 Å². The summed E-state index contributed by atoms with van der Waals surface area (Å²) in [5, 5.41) is 9.21. The molecule has 1 rings (SSSR count). The zero-order chi connectivity index (χ0) is 8.97. The molecule has 0 aliphatic carbocycles. The third-order valence-electron chi connectivity index (χ3n) is 2.04. The van der Waals surface area contributed by atoms with Crippen LogP contribution in [0.5, 0.6) is 0 Å². The minimum Gasteiger partial charge on any atom is -0.480 e. The van der Waals surface area contributed by atoms with Gasteiger partial charge < -0.3 is 5.11 Å². The lowest BCUT2D eigenvalue weighted by atomic mass is 10.3. The number of rotatable bonds is 3. The SMILES string of the molecule is CCC1CN(CC(=O)O)CCS1. The van der Waals surface area contributed by atoms with Gasteiger partial charge in [-0.05, 0) is 6.42 Å². The fraction of sp³-hybridized carbons (Fsp3) is 0.875. The van der Waals surface area contributed by atoms with Gasteiger partial charge in [-0.15, -0.1) is 0 Å². The Labute approximate surface area is 77.1 Å². The maximum Gasteiger partial charge on any atom is 0.317 e. The van der Waals surface area contributed by atoms with E-state index >= 15 is 0 Å². The smallest absolute Gasteiger partial charge is 0.317 e. The molecule has 0 amide bonds. The van der Waals surface area contributed by atoms with Crippen LogP contribution in [-0.4, -0.2) is 46.6 Å². The summed E-state index contributed by atoms with van der Waals surface area (Å²) >= 11 is 1.96. The molecule has 1 aliphatic rings. The third-order valence-corrected chi connectivity index (χ3v) is 3.41. The van der Waals surface area contributed by atoms with Crippen LogP contribution in [0.4, 0.5) is 0 Å². The molecule has 1 aliphatic heterocycles. The zero-order valence-corrected chi connectivity index (χ0v) is 8.14. The van der Waals surface area contributed by atoms with Gasteiger partial charge in [0.2, 0.25) is 0 Å². The summed E-state index contributed by atoms with van der Waals surface area (Å²) in [5.74, 6) is 0.364. The number of carbonyl (C=O) groups is 1. The Kier molecular flexibility index (Phi) is 3.88. The lowest BCUT2D eigenvalue weighted by molar-refractivity contribution is -0.138. The molecule has 1 N–H and O–H groups in total. The first-order valence-electron chi connectivity index (χ1n) is 4.28. The van der Waals surface area contributed by atoms with E-state index in [1.54, 1.807) is 0 Å². The van der Waals surface area contributed by atoms with Gasteiger partial charge in [-0.3, -0.25) is 9.69 Å². The van der Waals surface area contributed by atoms with Gasteiger partial charge in [0.25, 0.3) is 0 Å². The van der Waals surface area contributed by atoms with E-state index in [4.69, 9.17) is 5.11 Å². The predicted octanol–water partition coefficient (Wildman–Crippen LogP) is 0.898. The zero-order valence-electron chi connectivity index (χ0n) is 7.32. The normalized spacial score (nSPS) is 25.6. The highest BCUT2D eigenvalue weighted by atomic mass is 32.2. The molecule has 3 nitrogen and oxygen atoms in total. The lowest BCUT2D eigenvalue weighted by Gasteiger charge is -2.30. The van der Waals surface area contributed by atoms with Crippen molar-refractivity contribution in [1.29, 1.82) is 0 Å². The van der Waals surface area contributed by atoms with Crippen molar-refractivity contribution in [2.24, 2.45) is 0 Å². The van der Waals surface area contributed by atoms with Crippen LogP contribution in [0, 0.1) is 0 Å². The van der Waals surface area contributed by atoms with E-state index in [1.165, 1.54) is 0 Å². The highest BCUT2D eigenvalue weighted by Gasteiger charge is 2.19. The van der Waals surface area contributed by atoms with Crippen molar-refractivity contribution in [3.8, 4) is 0 Å². The maximum atomic E-state index is 10.4. The Morgan fingerprint density at radius 2 is 2.50 bits per heavy atom. The monoisotopic (exact) mass is 189 g/mol. The Balaban J connectivity index is 2.30. The first kappa shape index (κ1) is 9.86. The summed E-state index contributed by atoms with van der Waals surface area (Å²) in [6.07, 6.45) is 1.14. The highest BCUT2D eigenvalue weighted by molar-refractivity contribution is 8.00. The molecule has 0 radical (unpaired) electrons. The Bertz CT molecular complexity index is 163. The quantitative estimate of drug-likeness (QED) is 0.716. The number of nitrogens with zero attached hydrogens (tertiary/aromatic N) is 1. The molecule has 4 heteroatoms. The van der Waals surface area contributed by atoms with Crippen molar-refractivity contribution in [2.45, 2.75) is 18.6 Å². The summed E-state index contributed by atoms with van der Waals surface area (Å²) in [6, 6.07) is 0. The van der Waals surface area contributed by atoms with Gasteiger partial charge in [0.15, 0.2) is 0 Å². The molecular weight excluding hydrogens is 174 g/mol. The molecule has 12 heavy (non-hydrogen) atoms. The molecular formula is C8H15NO2S. The van der Waals surface area contributed by atoms with Gasteiger partial charge in [0.05, 0.1) is 6.54 Å². The number of hydrogen-bond donors (Lipinski definition) is 1. The highest BCUT2D eigenvalue weighted by Crippen LogP contribution is 2.20. The van der Waals surface area contributed by atoms with Crippen molar-refractivity contribution >= 4 is 17.7 Å². The van der Waals surface area contributed by atoms with Crippen LogP contribution in [0.1, 0.15) is 13.3 Å². The van der Waals surface area contributed by atoms with E-state index in [1.807, 2.05) is 16.7 Å². The first-order chi connectivity index (χ1) is 5.72. The van der Waals surface area contributed by atoms with Crippen LogP contribution in [0.2, 0.25) is 0 Å². The van der Waals surface area contributed by atoms with E-state index in [0.717, 1.165) is 25.3 Å². The van der Waals surface area contributed by atoms with Gasteiger partial charge in [-0.25, -0.2) is 0 Å². The van der Waals surface area contributed by atoms with Crippen molar-refractivity contribution in [1.82, 2.24) is 4.90 Å². The average Bonchev–Trinajstić information content (AvgIpc) is 2.03. The molecule has 1 fully saturated rings. The molecule has 1 unspecified atom stereocenters. The Hall–Kier alpha value is -0.220. The van der Waals surface area contributed by atoms with E-state index in [9.17, 15) is 4.79 Å². The Morgan fingerprint density at radius 3 is 3.08 bits per heavy atom. The van der Waals surface area contributed by atoms with Crippen LogP contribution >= 0.6 is 11.8 Å². The maximum absolute atomic E-state index is 10.4. The van der Waals surface area contributed by atoms with E-state index in [-0.39, 0.29) is 6.54 Å². The summed E-state index contributed by atoms with van der Waals surface area (Å²) in [7, 11) is 0. The summed E-state index contributed by atoms with van der Waals surface area (Å²) in [6.45, 7) is 4.22. The van der Waals surface area contributed by atoms with E-state index in [0.29, 0.717) is 5.25 Å². The molecule has 0 saturated carbocycles. The predicted molar refractivity (Wildman–Crippen MR) is 50.6 cm³/mol. The Morgan fingerprint density at radius 1 is 1.75 bits per heavy atom. The number of aliphatic carboxylic acids is 1. The number of thioether (sulfide) groups is 1. The summed E-state index contributed by atoms with van der Waals surface area (Å²) < 4.78 is 0. The standard InChI is InChI=1S/C8H15NO2S/c1-2-7-5-9(3-4-12-7)6-8(10)11/h7H,2-6H2,1H3,(H,10,11). The second-order valence-corrected chi connectivity index (χ2v) is 4.44. The lowest BCUT2D eigenvalue weighted by Crippen LogP contribution is -2.40. The molecule has 0 spiro atoms. The van der Waals surface area contributed by atoms with Crippen molar-refractivity contribution in [3.63, 3.8) is 0 Å². The molecule has 0 aromatic rings.